The Kier molecular flexibility index (Phi) is 25.2. The van der Waals surface area contributed by atoms with Crippen LogP contribution < -0.4 is 0 Å². The zero-order valence-corrected chi connectivity index (χ0v) is 29.2. The van der Waals surface area contributed by atoms with Crippen molar-refractivity contribution in [3.63, 3.8) is 0 Å². The van der Waals surface area contributed by atoms with Crippen LogP contribution in [0.5, 0.6) is 0 Å². The molecule has 0 aliphatic rings. The van der Waals surface area contributed by atoms with E-state index in [1.54, 1.807) is 17.9 Å². The summed E-state index contributed by atoms with van der Waals surface area (Å²) in [7, 11) is 10.4. The molecule has 36 heavy (non-hydrogen) atoms. The van der Waals surface area contributed by atoms with Gasteiger partial charge in [0.05, 0.1) is 0 Å². The molecule has 0 aromatic heterocycles. The molecular weight excluding hydrogens is 619 g/mol. The molecule has 0 saturated carbocycles. The summed E-state index contributed by atoms with van der Waals surface area (Å²) in [6, 6.07) is 0. The van der Waals surface area contributed by atoms with Gasteiger partial charge in [-0.05, 0) is 0 Å². The maximum absolute atomic E-state index is 12.5. The van der Waals surface area contributed by atoms with E-state index in [1.165, 1.54) is 57.8 Å². The fraction of sp³-hybridized carbons (Fsp3) is 0.929. The normalized spacial score (nSPS) is 14.7. The Bertz CT molecular complexity index is 518. The monoisotopic (exact) mass is 674 g/mol. The zero-order valence-electron chi connectivity index (χ0n) is 23.9. The predicted octanol–water partition coefficient (Wildman–Crippen LogP) is 9.51. The van der Waals surface area contributed by atoms with Gasteiger partial charge in [-0.25, -0.2) is 0 Å². The molecule has 0 aromatic carbocycles. The van der Waals surface area contributed by atoms with E-state index in [0.29, 0.717) is 36.6 Å². The molecule has 2 atom stereocenters. The third-order valence-corrected chi connectivity index (χ3v) is 34.0. The molecule has 0 spiro atoms. The summed E-state index contributed by atoms with van der Waals surface area (Å²) < 4.78 is 12.2. The first-order valence-electron chi connectivity index (χ1n) is 14.6. The molecule has 0 fully saturated rings. The molecule has 4 nitrogen and oxygen atoms in total. The van der Waals surface area contributed by atoms with Gasteiger partial charge in [0, 0.05) is 0 Å². The van der Waals surface area contributed by atoms with Crippen LogP contribution in [0.3, 0.4) is 0 Å². The van der Waals surface area contributed by atoms with Gasteiger partial charge >= 0.3 is 238 Å². The third kappa shape index (κ3) is 20.7. The van der Waals surface area contributed by atoms with Crippen LogP contribution in [0.1, 0.15) is 125 Å². The number of hydrogen-bond acceptors (Lipinski definition) is 6. The first-order chi connectivity index (χ1) is 17.3. The molecule has 0 aliphatic heterocycles. The van der Waals surface area contributed by atoms with Crippen molar-refractivity contribution >= 4 is 53.2 Å². The van der Waals surface area contributed by atoms with Crippen molar-refractivity contribution in [2.45, 2.75) is 129 Å². The van der Waals surface area contributed by atoms with Crippen molar-refractivity contribution < 1.29 is 19.1 Å². The van der Waals surface area contributed by atoms with E-state index in [1.807, 2.05) is 0 Å². The van der Waals surface area contributed by atoms with E-state index in [2.05, 4.69) is 34.6 Å². The molecule has 0 saturated heterocycles. The van der Waals surface area contributed by atoms with E-state index in [-0.39, 0.29) is 11.9 Å². The second kappa shape index (κ2) is 24.7. The topological polar surface area (TPSA) is 52.6 Å². The average Bonchev–Trinajstić information content (AvgIpc) is 2.88. The molecule has 0 N–H and O–H groups in total. The summed E-state index contributed by atoms with van der Waals surface area (Å²) in [4.78, 5) is 25.0. The van der Waals surface area contributed by atoms with E-state index < -0.39 is 14.5 Å². The molecule has 0 aliphatic carbocycles. The summed E-state index contributed by atoms with van der Waals surface area (Å²) in [6.45, 7) is 11.9. The average molecular weight is 674 g/mol. The van der Waals surface area contributed by atoms with Crippen LogP contribution in [0, 0.1) is 11.8 Å². The van der Waals surface area contributed by atoms with Crippen LogP contribution in [-0.2, 0) is 19.1 Å². The van der Waals surface area contributed by atoms with E-state index in [4.69, 9.17) is 18.4 Å². The number of ether oxygens (including phenoxy) is 2. The van der Waals surface area contributed by atoms with Crippen molar-refractivity contribution in [1.82, 2.24) is 0 Å². The third-order valence-electron chi connectivity index (χ3n) is 6.69. The quantitative estimate of drug-likeness (QED) is 0.0547. The van der Waals surface area contributed by atoms with E-state index in [9.17, 15) is 9.59 Å². The summed E-state index contributed by atoms with van der Waals surface area (Å²) in [5, 5.41) is 0. The Balaban J connectivity index is 4.71. The van der Waals surface area contributed by atoms with Crippen molar-refractivity contribution in [3.8, 4) is 0 Å². The van der Waals surface area contributed by atoms with Crippen LogP contribution in [0.15, 0.2) is 0 Å². The number of rotatable bonds is 25. The molecule has 0 radical (unpaired) electrons. The van der Waals surface area contributed by atoms with E-state index >= 15 is 0 Å². The molecule has 8 heteroatoms. The molecule has 2 unspecified atom stereocenters. The predicted molar refractivity (Wildman–Crippen MR) is 163 cm³/mol. The summed E-state index contributed by atoms with van der Waals surface area (Å²) in [5.74, 6) is 1.17. The Morgan fingerprint density at radius 3 is 1.50 bits per heavy atom. The Morgan fingerprint density at radius 2 is 1.08 bits per heavy atom. The van der Waals surface area contributed by atoms with Crippen LogP contribution >= 0.6 is 26.8 Å². The van der Waals surface area contributed by atoms with Crippen LogP contribution in [-0.4, -0.2) is 51.1 Å². The Morgan fingerprint density at radius 1 is 0.667 bits per heavy atom. The van der Waals surface area contributed by atoms with Crippen LogP contribution in [0.25, 0.3) is 0 Å². The number of carbonyl (C=O) groups excluding carboxylic acids is 2. The van der Waals surface area contributed by atoms with Gasteiger partial charge in [0.2, 0.25) is 0 Å². The van der Waals surface area contributed by atoms with Gasteiger partial charge in [0.1, 0.15) is 0 Å². The number of halogens is 1. The van der Waals surface area contributed by atoms with Crippen molar-refractivity contribution in [2.75, 3.05) is 24.7 Å². The molecule has 0 rings (SSSR count). The fourth-order valence-corrected chi connectivity index (χ4v) is 25.0. The van der Waals surface area contributed by atoms with Crippen LogP contribution in [0.2, 0.25) is 4.44 Å². The first kappa shape index (κ1) is 36.7. The van der Waals surface area contributed by atoms with Gasteiger partial charge < -0.3 is 0 Å². The molecule has 0 aromatic rings. The van der Waals surface area contributed by atoms with E-state index in [0.717, 1.165) is 36.5 Å². The van der Waals surface area contributed by atoms with Crippen molar-refractivity contribution in [3.05, 3.63) is 0 Å². The summed E-state index contributed by atoms with van der Waals surface area (Å²) >= 11 is -3.28. The summed E-state index contributed by atoms with van der Waals surface area (Å²) in [6.07, 6.45) is 16.3. The second-order valence-electron chi connectivity index (χ2n) is 9.95. The standard InChI is InChI=1S/2C10H20O2S.C8H17.ClH.Sn/c2*1-3-5-6-9(4-2)7-12-10(11)8-13;1-3-5-7-8-6-4-2;;/h2*9,13H,3-8H2,1-2H3;1,3-8H2,2H3;1H;/q;;;;+3/p-3. The van der Waals surface area contributed by atoms with Gasteiger partial charge in [-0.15, -0.1) is 0 Å². The van der Waals surface area contributed by atoms with Gasteiger partial charge in [-0.2, -0.15) is 0 Å². The minimum absolute atomic E-state index is 0.162. The van der Waals surface area contributed by atoms with Crippen molar-refractivity contribution in [2.24, 2.45) is 11.8 Å². The second-order valence-corrected chi connectivity index (χ2v) is 39.7. The van der Waals surface area contributed by atoms with Gasteiger partial charge in [0.15, 0.2) is 0 Å². The summed E-state index contributed by atoms with van der Waals surface area (Å²) in [5.41, 5.74) is 0. The zero-order chi connectivity index (χ0) is 27.1. The fourth-order valence-electron chi connectivity index (χ4n) is 3.94. The SMILES string of the molecule is CCCCCCC[CH2][Sn]([Cl])([S]CC(=O)OCC(CC)CCCC)[S]CC(=O)OCC(CC)CCCC. The Labute approximate surface area is 236 Å². The van der Waals surface area contributed by atoms with Crippen LogP contribution in [0.4, 0.5) is 0 Å². The minimum atomic E-state index is -3.28. The molecule has 0 amide bonds. The molecule has 0 heterocycles. The van der Waals surface area contributed by atoms with Gasteiger partial charge in [-0.1, -0.05) is 0 Å². The molecule has 214 valence electrons. The van der Waals surface area contributed by atoms with Gasteiger partial charge in [-0.3, -0.25) is 0 Å². The van der Waals surface area contributed by atoms with Crippen molar-refractivity contribution in [1.29, 1.82) is 0 Å². The number of hydrogen-bond donors (Lipinski definition) is 0. The maximum atomic E-state index is 12.5. The number of carbonyl (C=O) groups is 2. The van der Waals surface area contributed by atoms with Gasteiger partial charge in [0.25, 0.3) is 0 Å². The first-order valence-corrected chi connectivity index (χ1v) is 29.2. The Hall–Kier alpha value is 0.729. The molecular formula is C28H55ClO4S2Sn. The number of unbranched alkanes of at least 4 members (excludes halogenated alkanes) is 7. The molecule has 0 bridgehead atoms. The number of esters is 2.